The highest BCUT2D eigenvalue weighted by atomic mass is 32.1. The van der Waals surface area contributed by atoms with Crippen molar-refractivity contribution >= 4 is 23.1 Å². The Kier molecular flexibility index (Phi) is 4.43. The summed E-state index contributed by atoms with van der Waals surface area (Å²) in [5.41, 5.74) is 6.44. The molecule has 1 unspecified atom stereocenters. The smallest absolute Gasteiger partial charge is 0.234 e. The largest absolute Gasteiger partial charge is 0.392 e. The first-order valence-corrected chi connectivity index (χ1v) is 5.58. The van der Waals surface area contributed by atoms with Crippen molar-refractivity contribution in [2.45, 2.75) is 25.8 Å². The fourth-order valence-electron chi connectivity index (χ4n) is 1.46. The standard InChI is InChI=1S/C12H16N2OS/c1-8(2)14-12(15)10(11(13)16)9-6-4-3-5-7-9/h3-8,10H,1-2H3,(H2,13,16)(H,14,15). The molecule has 0 saturated carbocycles. The molecule has 0 fully saturated rings. The van der Waals surface area contributed by atoms with Gasteiger partial charge in [0.1, 0.15) is 5.92 Å². The van der Waals surface area contributed by atoms with E-state index in [1.54, 1.807) is 0 Å². The van der Waals surface area contributed by atoms with Crippen molar-refractivity contribution in [1.82, 2.24) is 5.32 Å². The summed E-state index contributed by atoms with van der Waals surface area (Å²) < 4.78 is 0. The third kappa shape index (κ3) is 3.31. The lowest BCUT2D eigenvalue weighted by molar-refractivity contribution is -0.121. The third-order valence-electron chi connectivity index (χ3n) is 2.11. The minimum absolute atomic E-state index is 0.0769. The van der Waals surface area contributed by atoms with Crippen molar-refractivity contribution in [3.8, 4) is 0 Å². The molecule has 3 N–H and O–H groups in total. The molecule has 4 heteroatoms. The van der Waals surface area contributed by atoms with Gasteiger partial charge in [-0.25, -0.2) is 0 Å². The van der Waals surface area contributed by atoms with Gasteiger partial charge in [0.2, 0.25) is 5.91 Å². The summed E-state index contributed by atoms with van der Waals surface area (Å²) in [6.07, 6.45) is 0. The lowest BCUT2D eigenvalue weighted by Gasteiger charge is -2.17. The third-order valence-corrected chi connectivity index (χ3v) is 2.35. The molecule has 0 saturated heterocycles. The minimum Gasteiger partial charge on any atom is -0.392 e. The van der Waals surface area contributed by atoms with Crippen molar-refractivity contribution in [1.29, 1.82) is 0 Å². The quantitative estimate of drug-likeness (QED) is 0.780. The molecular weight excluding hydrogens is 220 g/mol. The van der Waals surface area contributed by atoms with Crippen LogP contribution in [-0.4, -0.2) is 16.9 Å². The van der Waals surface area contributed by atoms with E-state index in [9.17, 15) is 4.79 Å². The number of rotatable bonds is 4. The molecule has 0 aliphatic carbocycles. The van der Waals surface area contributed by atoms with Crippen molar-refractivity contribution in [2.24, 2.45) is 5.73 Å². The molecule has 1 amide bonds. The highest BCUT2D eigenvalue weighted by molar-refractivity contribution is 7.80. The van der Waals surface area contributed by atoms with E-state index < -0.39 is 5.92 Å². The van der Waals surface area contributed by atoms with E-state index in [1.807, 2.05) is 44.2 Å². The Morgan fingerprint density at radius 1 is 1.31 bits per heavy atom. The molecule has 0 bridgehead atoms. The van der Waals surface area contributed by atoms with Crippen LogP contribution in [0.15, 0.2) is 30.3 Å². The van der Waals surface area contributed by atoms with Gasteiger partial charge >= 0.3 is 0 Å². The summed E-state index contributed by atoms with van der Waals surface area (Å²) in [4.78, 5) is 12.1. The van der Waals surface area contributed by atoms with Crippen LogP contribution in [0.4, 0.5) is 0 Å². The molecule has 0 radical (unpaired) electrons. The molecular formula is C12H16N2OS. The second kappa shape index (κ2) is 5.61. The Morgan fingerprint density at radius 2 is 1.88 bits per heavy atom. The Balaban J connectivity index is 2.92. The maximum absolute atomic E-state index is 11.9. The van der Waals surface area contributed by atoms with Crippen LogP contribution in [0.25, 0.3) is 0 Å². The topological polar surface area (TPSA) is 55.1 Å². The van der Waals surface area contributed by atoms with Gasteiger partial charge in [-0.3, -0.25) is 4.79 Å². The summed E-state index contributed by atoms with van der Waals surface area (Å²) in [7, 11) is 0. The van der Waals surface area contributed by atoms with Crippen LogP contribution in [0, 0.1) is 0 Å². The SMILES string of the molecule is CC(C)NC(=O)C(C(N)=S)c1ccccc1. The fourth-order valence-corrected chi connectivity index (χ4v) is 1.70. The average Bonchev–Trinajstić information content (AvgIpc) is 2.17. The van der Waals surface area contributed by atoms with E-state index in [0.29, 0.717) is 0 Å². The van der Waals surface area contributed by atoms with E-state index in [-0.39, 0.29) is 16.9 Å². The van der Waals surface area contributed by atoms with E-state index >= 15 is 0 Å². The van der Waals surface area contributed by atoms with Crippen molar-refractivity contribution in [2.75, 3.05) is 0 Å². The maximum atomic E-state index is 11.9. The number of carbonyl (C=O) groups is 1. The predicted octanol–water partition coefficient (Wildman–Crippen LogP) is 1.58. The molecule has 0 aliphatic rings. The predicted molar refractivity (Wildman–Crippen MR) is 69.2 cm³/mol. The first kappa shape index (κ1) is 12.6. The van der Waals surface area contributed by atoms with E-state index in [0.717, 1.165) is 5.56 Å². The average molecular weight is 236 g/mol. The number of amides is 1. The first-order valence-electron chi connectivity index (χ1n) is 5.17. The Bertz CT molecular complexity index is 376. The summed E-state index contributed by atoms with van der Waals surface area (Å²) in [5, 5.41) is 2.82. The van der Waals surface area contributed by atoms with Gasteiger partial charge in [0.05, 0.1) is 4.99 Å². The molecule has 0 spiro atoms. The second-order valence-corrected chi connectivity index (χ2v) is 4.38. The maximum Gasteiger partial charge on any atom is 0.234 e. The van der Waals surface area contributed by atoms with Gasteiger partial charge in [-0.2, -0.15) is 0 Å². The number of nitrogens with one attached hydrogen (secondary N) is 1. The summed E-state index contributed by atoms with van der Waals surface area (Å²) in [6, 6.07) is 9.40. The van der Waals surface area contributed by atoms with Crippen LogP contribution >= 0.6 is 12.2 Å². The minimum atomic E-state index is -0.543. The summed E-state index contributed by atoms with van der Waals surface area (Å²) >= 11 is 4.95. The van der Waals surface area contributed by atoms with Gasteiger partial charge in [-0.15, -0.1) is 0 Å². The molecule has 1 aromatic rings. The monoisotopic (exact) mass is 236 g/mol. The molecule has 1 rings (SSSR count). The zero-order valence-electron chi connectivity index (χ0n) is 9.44. The number of thiocarbonyl (C=S) groups is 1. The van der Waals surface area contributed by atoms with Crippen LogP contribution in [0.3, 0.4) is 0 Å². The Labute approximate surface area is 101 Å². The first-order chi connectivity index (χ1) is 7.52. The zero-order chi connectivity index (χ0) is 12.1. The van der Waals surface area contributed by atoms with Crippen molar-refractivity contribution in [3.63, 3.8) is 0 Å². The van der Waals surface area contributed by atoms with Crippen LogP contribution in [-0.2, 0) is 4.79 Å². The van der Waals surface area contributed by atoms with Gasteiger partial charge in [0.15, 0.2) is 0 Å². The van der Waals surface area contributed by atoms with E-state index in [2.05, 4.69) is 5.32 Å². The molecule has 1 atom stereocenters. The van der Waals surface area contributed by atoms with Crippen LogP contribution < -0.4 is 11.1 Å². The number of nitrogens with two attached hydrogens (primary N) is 1. The van der Waals surface area contributed by atoms with Crippen LogP contribution in [0.1, 0.15) is 25.3 Å². The van der Waals surface area contributed by atoms with E-state index in [1.165, 1.54) is 0 Å². The number of carbonyl (C=O) groups excluding carboxylic acids is 1. The normalized spacial score (nSPS) is 12.2. The van der Waals surface area contributed by atoms with Gasteiger partial charge in [0.25, 0.3) is 0 Å². The molecule has 0 aliphatic heterocycles. The summed E-state index contributed by atoms with van der Waals surface area (Å²) in [5.74, 6) is -0.688. The molecule has 16 heavy (non-hydrogen) atoms. The molecule has 0 aromatic heterocycles. The van der Waals surface area contributed by atoms with Crippen LogP contribution in [0.5, 0.6) is 0 Å². The number of hydrogen-bond donors (Lipinski definition) is 2. The number of hydrogen-bond acceptors (Lipinski definition) is 2. The van der Waals surface area contributed by atoms with Gasteiger partial charge in [0, 0.05) is 6.04 Å². The van der Waals surface area contributed by atoms with Crippen LogP contribution in [0.2, 0.25) is 0 Å². The molecule has 86 valence electrons. The second-order valence-electron chi connectivity index (χ2n) is 3.91. The van der Waals surface area contributed by atoms with Gasteiger partial charge in [-0.05, 0) is 19.4 Å². The molecule has 1 aromatic carbocycles. The number of benzene rings is 1. The lowest BCUT2D eigenvalue weighted by atomic mass is 9.98. The zero-order valence-corrected chi connectivity index (χ0v) is 10.3. The molecule has 0 heterocycles. The highest BCUT2D eigenvalue weighted by Gasteiger charge is 2.23. The fraction of sp³-hybridized carbons (Fsp3) is 0.333. The molecule has 3 nitrogen and oxygen atoms in total. The lowest BCUT2D eigenvalue weighted by Crippen LogP contribution is -2.39. The summed E-state index contributed by atoms with van der Waals surface area (Å²) in [6.45, 7) is 3.80. The van der Waals surface area contributed by atoms with Gasteiger partial charge < -0.3 is 11.1 Å². The van der Waals surface area contributed by atoms with Crippen molar-refractivity contribution < 1.29 is 4.79 Å². The Morgan fingerprint density at radius 3 is 2.31 bits per heavy atom. The van der Waals surface area contributed by atoms with E-state index in [4.69, 9.17) is 18.0 Å². The Hall–Kier alpha value is -1.42. The van der Waals surface area contributed by atoms with Gasteiger partial charge in [-0.1, -0.05) is 42.5 Å². The van der Waals surface area contributed by atoms with Crippen molar-refractivity contribution in [3.05, 3.63) is 35.9 Å². The highest BCUT2D eigenvalue weighted by Crippen LogP contribution is 2.16.